The van der Waals surface area contributed by atoms with Gasteiger partial charge in [0.15, 0.2) is 0 Å². The number of hydrogen-bond acceptors (Lipinski definition) is 2. The first-order valence-electron chi connectivity index (χ1n) is 13.1. The predicted molar refractivity (Wildman–Crippen MR) is 134 cm³/mol. The Morgan fingerprint density at radius 3 is 2.39 bits per heavy atom. The fraction of sp³-hybridized carbons (Fsp3) is 0.484. The summed E-state index contributed by atoms with van der Waals surface area (Å²) in [5.41, 5.74) is 2.49. The molecule has 0 amide bonds. The number of ether oxygens (including phenoxy) is 2. The van der Waals surface area contributed by atoms with Crippen LogP contribution < -0.4 is 4.74 Å². The summed E-state index contributed by atoms with van der Waals surface area (Å²) in [4.78, 5) is 0. The molecule has 6 rings (SSSR count). The van der Waals surface area contributed by atoms with Crippen LogP contribution in [0, 0.1) is 23.7 Å². The summed E-state index contributed by atoms with van der Waals surface area (Å²) in [5, 5.41) is 2.50. The lowest BCUT2D eigenvalue weighted by Crippen LogP contribution is -2.32. The van der Waals surface area contributed by atoms with E-state index in [9.17, 15) is 0 Å². The summed E-state index contributed by atoms with van der Waals surface area (Å²) in [6, 6.07) is 23.8. The molecule has 0 heterocycles. The maximum atomic E-state index is 6.87. The Labute approximate surface area is 198 Å². The van der Waals surface area contributed by atoms with Crippen molar-refractivity contribution in [3.8, 4) is 5.75 Å². The third-order valence-electron chi connectivity index (χ3n) is 9.02. The van der Waals surface area contributed by atoms with Gasteiger partial charge in [0.2, 0.25) is 6.29 Å². The van der Waals surface area contributed by atoms with E-state index in [1.807, 2.05) is 0 Å². The van der Waals surface area contributed by atoms with Gasteiger partial charge in [-0.2, -0.15) is 0 Å². The molecule has 0 aliphatic heterocycles. The Morgan fingerprint density at radius 1 is 0.818 bits per heavy atom. The van der Waals surface area contributed by atoms with Crippen molar-refractivity contribution in [1.82, 2.24) is 0 Å². The standard InChI is InChI=1S/C31H36O2/c1-3-20(2)21-13-15-26(16-14-21)32-31(24-12-11-22-7-4-5-8-23(22)17-24)33-30-19-25-18-29(30)28-10-6-9-27(25)28/h4-5,7-8,11-17,20,25,27-31H,3,6,9-10,18-19H2,1-2H3. The molecule has 3 aromatic carbocycles. The Balaban J connectivity index is 1.27. The lowest BCUT2D eigenvalue weighted by atomic mass is 9.80. The SMILES string of the molecule is CCC(C)c1ccc(OC(OC2CC3CC2C2CCCC32)c2ccc3ccccc3c2)cc1. The molecular formula is C31H36O2. The zero-order chi connectivity index (χ0) is 22.4. The van der Waals surface area contributed by atoms with E-state index in [1.165, 1.54) is 48.4 Å². The molecule has 3 saturated carbocycles. The first-order valence-corrected chi connectivity index (χ1v) is 13.1. The average molecular weight is 441 g/mol. The van der Waals surface area contributed by atoms with Crippen molar-refractivity contribution in [2.45, 2.75) is 70.7 Å². The van der Waals surface area contributed by atoms with Crippen molar-refractivity contribution >= 4 is 10.8 Å². The minimum absolute atomic E-state index is 0.324. The van der Waals surface area contributed by atoms with Gasteiger partial charge >= 0.3 is 0 Å². The second kappa shape index (κ2) is 8.80. The van der Waals surface area contributed by atoms with Crippen molar-refractivity contribution in [2.75, 3.05) is 0 Å². The summed E-state index contributed by atoms with van der Waals surface area (Å²) in [7, 11) is 0. The molecule has 3 fully saturated rings. The number of fused-ring (bicyclic) bond motifs is 6. The highest BCUT2D eigenvalue weighted by atomic mass is 16.7. The molecule has 0 N–H and O–H groups in total. The Morgan fingerprint density at radius 2 is 1.58 bits per heavy atom. The zero-order valence-corrected chi connectivity index (χ0v) is 20.0. The van der Waals surface area contributed by atoms with Gasteiger partial charge in [0.1, 0.15) is 5.75 Å². The van der Waals surface area contributed by atoms with Crippen LogP contribution in [0.15, 0.2) is 66.7 Å². The van der Waals surface area contributed by atoms with E-state index in [0.29, 0.717) is 12.0 Å². The summed E-state index contributed by atoms with van der Waals surface area (Å²) < 4.78 is 13.4. The Hall–Kier alpha value is -2.32. The molecule has 3 aliphatic carbocycles. The van der Waals surface area contributed by atoms with Crippen LogP contribution in [0.25, 0.3) is 10.8 Å². The molecule has 2 heteroatoms. The summed E-state index contributed by atoms with van der Waals surface area (Å²) in [6.45, 7) is 4.52. The average Bonchev–Trinajstić information content (AvgIpc) is 3.57. The Kier molecular flexibility index (Phi) is 5.66. The smallest absolute Gasteiger partial charge is 0.227 e. The highest BCUT2D eigenvalue weighted by Gasteiger charge is 2.54. The molecule has 3 aliphatic rings. The van der Waals surface area contributed by atoms with E-state index < -0.39 is 0 Å². The van der Waals surface area contributed by atoms with E-state index in [4.69, 9.17) is 9.47 Å². The highest BCUT2D eigenvalue weighted by Crippen LogP contribution is 2.60. The van der Waals surface area contributed by atoms with Crippen LogP contribution in [0.1, 0.15) is 75.7 Å². The van der Waals surface area contributed by atoms with Gasteiger partial charge < -0.3 is 9.47 Å². The summed E-state index contributed by atoms with van der Waals surface area (Å²) in [6.07, 6.45) is 7.96. The van der Waals surface area contributed by atoms with Gasteiger partial charge in [-0.3, -0.25) is 0 Å². The number of hydrogen-bond donors (Lipinski definition) is 0. The normalized spacial score (nSPS) is 29.8. The van der Waals surface area contributed by atoms with Gasteiger partial charge in [0.05, 0.1) is 6.10 Å². The third kappa shape index (κ3) is 3.97. The zero-order valence-electron chi connectivity index (χ0n) is 20.0. The first-order chi connectivity index (χ1) is 16.2. The third-order valence-corrected chi connectivity index (χ3v) is 9.02. The molecule has 33 heavy (non-hydrogen) atoms. The van der Waals surface area contributed by atoms with Crippen LogP contribution in [0.4, 0.5) is 0 Å². The van der Waals surface area contributed by atoms with Crippen molar-refractivity contribution in [2.24, 2.45) is 23.7 Å². The van der Waals surface area contributed by atoms with Gasteiger partial charge in [-0.1, -0.05) is 68.8 Å². The molecule has 0 radical (unpaired) electrons. The number of rotatable bonds is 7. The quantitative estimate of drug-likeness (QED) is 0.344. The van der Waals surface area contributed by atoms with Crippen LogP contribution in [0.2, 0.25) is 0 Å². The van der Waals surface area contributed by atoms with Crippen molar-refractivity contribution in [3.05, 3.63) is 77.9 Å². The van der Waals surface area contributed by atoms with Gasteiger partial charge in [0, 0.05) is 5.56 Å². The molecule has 2 nitrogen and oxygen atoms in total. The molecule has 7 atom stereocenters. The minimum Gasteiger partial charge on any atom is -0.461 e. The maximum absolute atomic E-state index is 6.87. The van der Waals surface area contributed by atoms with E-state index in [-0.39, 0.29) is 6.29 Å². The van der Waals surface area contributed by atoms with Gasteiger partial charge in [-0.05, 0) is 96.2 Å². The van der Waals surface area contributed by atoms with Gasteiger partial charge in [-0.25, -0.2) is 0 Å². The lowest BCUT2D eigenvalue weighted by Gasteiger charge is -2.34. The van der Waals surface area contributed by atoms with Gasteiger partial charge in [0.25, 0.3) is 0 Å². The van der Waals surface area contributed by atoms with E-state index in [1.54, 1.807) is 0 Å². The van der Waals surface area contributed by atoms with Crippen LogP contribution in [0.5, 0.6) is 5.75 Å². The second-order valence-electron chi connectivity index (χ2n) is 10.8. The Bertz CT molecular complexity index is 1100. The topological polar surface area (TPSA) is 18.5 Å². The molecule has 3 aromatic rings. The summed E-state index contributed by atoms with van der Waals surface area (Å²) >= 11 is 0. The van der Waals surface area contributed by atoms with Crippen molar-refractivity contribution < 1.29 is 9.47 Å². The van der Waals surface area contributed by atoms with E-state index >= 15 is 0 Å². The largest absolute Gasteiger partial charge is 0.461 e. The van der Waals surface area contributed by atoms with Crippen molar-refractivity contribution in [3.63, 3.8) is 0 Å². The molecule has 2 bridgehead atoms. The van der Waals surface area contributed by atoms with E-state index in [0.717, 1.165) is 41.4 Å². The fourth-order valence-corrected chi connectivity index (χ4v) is 7.08. The number of benzene rings is 3. The van der Waals surface area contributed by atoms with Crippen molar-refractivity contribution in [1.29, 1.82) is 0 Å². The minimum atomic E-state index is -0.367. The maximum Gasteiger partial charge on any atom is 0.227 e. The van der Waals surface area contributed by atoms with E-state index in [2.05, 4.69) is 80.6 Å². The second-order valence-corrected chi connectivity index (χ2v) is 10.8. The van der Waals surface area contributed by atoms with Crippen LogP contribution in [0.3, 0.4) is 0 Å². The molecule has 0 aromatic heterocycles. The molecular weight excluding hydrogens is 404 g/mol. The van der Waals surface area contributed by atoms with Crippen LogP contribution >= 0.6 is 0 Å². The molecule has 0 saturated heterocycles. The molecule has 0 spiro atoms. The monoisotopic (exact) mass is 440 g/mol. The van der Waals surface area contributed by atoms with Crippen LogP contribution in [-0.2, 0) is 4.74 Å². The van der Waals surface area contributed by atoms with Gasteiger partial charge in [-0.15, -0.1) is 0 Å². The lowest BCUT2D eigenvalue weighted by molar-refractivity contribution is -0.146. The summed E-state index contributed by atoms with van der Waals surface area (Å²) in [5.74, 6) is 4.92. The highest BCUT2D eigenvalue weighted by molar-refractivity contribution is 5.83. The first kappa shape index (κ1) is 21.2. The van der Waals surface area contributed by atoms with Crippen LogP contribution in [-0.4, -0.2) is 6.10 Å². The molecule has 7 unspecified atom stereocenters. The predicted octanol–water partition coefficient (Wildman–Crippen LogP) is 8.27. The molecule has 172 valence electrons. The fourth-order valence-electron chi connectivity index (χ4n) is 7.08.